The van der Waals surface area contributed by atoms with E-state index in [-0.39, 0.29) is 12.3 Å². The summed E-state index contributed by atoms with van der Waals surface area (Å²) >= 11 is 0. The molecule has 0 aromatic rings. The number of hydrogen-bond acceptors (Lipinski definition) is 6. The second kappa shape index (κ2) is 5.55. The van der Waals surface area contributed by atoms with Crippen LogP contribution >= 0.6 is 0 Å². The van der Waals surface area contributed by atoms with E-state index in [4.69, 9.17) is 9.84 Å². The SMILES string of the molecule is CCC(=O)N[C@H]1OC(CO)C(O)[C@H](O)C1O. The van der Waals surface area contributed by atoms with Gasteiger partial charge in [-0.1, -0.05) is 6.92 Å². The van der Waals surface area contributed by atoms with Crippen molar-refractivity contribution in [1.82, 2.24) is 5.32 Å². The summed E-state index contributed by atoms with van der Waals surface area (Å²) in [7, 11) is 0. The molecule has 1 aliphatic heterocycles. The predicted octanol–water partition coefficient (Wildman–Crippen LogP) is -2.69. The highest BCUT2D eigenvalue weighted by atomic mass is 16.6. The fourth-order valence-corrected chi connectivity index (χ4v) is 1.48. The lowest BCUT2D eigenvalue weighted by Gasteiger charge is -2.40. The van der Waals surface area contributed by atoms with Crippen molar-refractivity contribution in [2.45, 2.75) is 44.0 Å². The first-order chi connectivity index (χ1) is 7.51. The molecule has 0 aromatic carbocycles. The maximum absolute atomic E-state index is 11.1. The number of ether oxygens (including phenoxy) is 1. The van der Waals surface area contributed by atoms with E-state index in [1.54, 1.807) is 6.92 Å². The normalized spacial score (nSPS) is 39.4. The van der Waals surface area contributed by atoms with Crippen LogP contribution in [0.5, 0.6) is 0 Å². The van der Waals surface area contributed by atoms with Crippen molar-refractivity contribution in [3.05, 3.63) is 0 Å². The molecule has 1 amide bonds. The molecule has 1 fully saturated rings. The largest absolute Gasteiger partial charge is 0.394 e. The lowest BCUT2D eigenvalue weighted by Crippen LogP contribution is -2.63. The Morgan fingerprint density at radius 3 is 2.38 bits per heavy atom. The fourth-order valence-electron chi connectivity index (χ4n) is 1.48. The quantitative estimate of drug-likeness (QED) is 0.363. The maximum atomic E-state index is 11.1. The molecule has 1 saturated heterocycles. The molecule has 1 rings (SSSR count). The highest BCUT2D eigenvalue weighted by Gasteiger charge is 2.43. The molecule has 0 aromatic heterocycles. The van der Waals surface area contributed by atoms with E-state index in [9.17, 15) is 20.1 Å². The van der Waals surface area contributed by atoms with Crippen molar-refractivity contribution in [3.63, 3.8) is 0 Å². The Hall–Kier alpha value is -0.730. The number of carbonyl (C=O) groups excluding carboxylic acids is 1. The maximum Gasteiger partial charge on any atom is 0.221 e. The van der Waals surface area contributed by atoms with Crippen LogP contribution < -0.4 is 5.32 Å². The summed E-state index contributed by atoms with van der Waals surface area (Å²) in [6.45, 7) is 1.11. The lowest BCUT2D eigenvalue weighted by molar-refractivity contribution is -0.235. The molecule has 3 unspecified atom stereocenters. The van der Waals surface area contributed by atoms with Crippen molar-refractivity contribution >= 4 is 5.91 Å². The zero-order valence-electron chi connectivity index (χ0n) is 8.91. The molecule has 94 valence electrons. The van der Waals surface area contributed by atoms with E-state index in [2.05, 4.69) is 5.32 Å². The van der Waals surface area contributed by atoms with Crippen LogP contribution in [-0.2, 0) is 9.53 Å². The van der Waals surface area contributed by atoms with Crippen molar-refractivity contribution in [1.29, 1.82) is 0 Å². The number of aliphatic hydroxyl groups excluding tert-OH is 4. The molecule has 7 heteroatoms. The van der Waals surface area contributed by atoms with Gasteiger partial charge in [0.15, 0.2) is 6.23 Å². The Morgan fingerprint density at radius 2 is 1.88 bits per heavy atom. The van der Waals surface area contributed by atoms with Crippen LogP contribution in [0.3, 0.4) is 0 Å². The molecule has 1 heterocycles. The average molecular weight is 235 g/mol. The van der Waals surface area contributed by atoms with Crippen LogP contribution in [0.2, 0.25) is 0 Å². The van der Waals surface area contributed by atoms with Gasteiger partial charge in [-0.3, -0.25) is 4.79 Å². The van der Waals surface area contributed by atoms with Crippen molar-refractivity contribution in [2.24, 2.45) is 0 Å². The van der Waals surface area contributed by atoms with Gasteiger partial charge in [-0.05, 0) is 0 Å². The van der Waals surface area contributed by atoms with E-state index >= 15 is 0 Å². The second-order valence-corrected chi connectivity index (χ2v) is 3.67. The summed E-state index contributed by atoms with van der Waals surface area (Å²) in [5.74, 6) is -0.357. The van der Waals surface area contributed by atoms with Crippen LogP contribution in [0.25, 0.3) is 0 Å². The lowest BCUT2D eigenvalue weighted by atomic mass is 9.98. The van der Waals surface area contributed by atoms with Gasteiger partial charge < -0.3 is 30.5 Å². The average Bonchev–Trinajstić information content (AvgIpc) is 2.29. The number of hydrogen-bond donors (Lipinski definition) is 5. The first-order valence-electron chi connectivity index (χ1n) is 5.11. The summed E-state index contributed by atoms with van der Waals surface area (Å²) in [6.07, 6.45) is -6.21. The van der Waals surface area contributed by atoms with Gasteiger partial charge in [0.05, 0.1) is 6.61 Å². The smallest absolute Gasteiger partial charge is 0.221 e. The second-order valence-electron chi connectivity index (χ2n) is 3.67. The van der Waals surface area contributed by atoms with E-state index in [1.165, 1.54) is 0 Å². The van der Waals surface area contributed by atoms with Gasteiger partial charge in [0.2, 0.25) is 5.91 Å². The summed E-state index contributed by atoms with van der Waals surface area (Å²) in [5.41, 5.74) is 0. The molecule has 0 aliphatic carbocycles. The Labute approximate surface area is 92.7 Å². The van der Waals surface area contributed by atoms with Gasteiger partial charge in [0.25, 0.3) is 0 Å². The minimum Gasteiger partial charge on any atom is -0.394 e. The van der Waals surface area contributed by atoms with Crippen LogP contribution in [0.1, 0.15) is 13.3 Å². The van der Waals surface area contributed by atoms with Crippen LogP contribution in [-0.4, -0.2) is 63.6 Å². The molecule has 16 heavy (non-hydrogen) atoms. The summed E-state index contributed by atoms with van der Waals surface area (Å²) in [5, 5.41) is 39.6. The number of amides is 1. The Kier molecular flexibility index (Phi) is 4.63. The fraction of sp³-hybridized carbons (Fsp3) is 0.889. The predicted molar refractivity (Wildman–Crippen MR) is 52.2 cm³/mol. The minimum atomic E-state index is -1.46. The Bertz CT molecular complexity index is 246. The number of aliphatic hydroxyl groups is 4. The van der Waals surface area contributed by atoms with Gasteiger partial charge in [0.1, 0.15) is 24.4 Å². The van der Waals surface area contributed by atoms with Gasteiger partial charge >= 0.3 is 0 Å². The van der Waals surface area contributed by atoms with Gasteiger partial charge in [-0.25, -0.2) is 0 Å². The molecule has 0 spiro atoms. The number of rotatable bonds is 3. The highest BCUT2D eigenvalue weighted by molar-refractivity contribution is 5.75. The van der Waals surface area contributed by atoms with E-state index < -0.39 is 37.3 Å². The van der Waals surface area contributed by atoms with E-state index in [0.29, 0.717) is 0 Å². The van der Waals surface area contributed by atoms with Crippen molar-refractivity contribution in [3.8, 4) is 0 Å². The Morgan fingerprint density at radius 1 is 1.25 bits per heavy atom. The molecular formula is C9H17NO6. The Balaban J connectivity index is 2.67. The third-order valence-electron chi connectivity index (χ3n) is 2.52. The first-order valence-corrected chi connectivity index (χ1v) is 5.11. The van der Waals surface area contributed by atoms with Crippen molar-refractivity contribution in [2.75, 3.05) is 6.61 Å². The van der Waals surface area contributed by atoms with Crippen LogP contribution in [0.4, 0.5) is 0 Å². The molecule has 7 nitrogen and oxygen atoms in total. The number of nitrogens with one attached hydrogen (secondary N) is 1. The topological polar surface area (TPSA) is 119 Å². The van der Waals surface area contributed by atoms with Crippen molar-refractivity contribution < 1.29 is 30.0 Å². The minimum absolute atomic E-state index is 0.203. The van der Waals surface area contributed by atoms with E-state index in [1.807, 2.05) is 0 Å². The van der Waals surface area contributed by atoms with Crippen LogP contribution in [0, 0.1) is 0 Å². The highest BCUT2D eigenvalue weighted by Crippen LogP contribution is 2.19. The van der Waals surface area contributed by atoms with Gasteiger partial charge in [-0.2, -0.15) is 0 Å². The molecule has 0 saturated carbocycles. The van der Waals surface area contributed by atoms with Crippen LogP contribution in [0.15, 0.2) is 0 Å². The summed E-state index contributed by atoms with van der Waals surface area (Å²) in [6, 6.07) is 0. The number of carbonyl (C=O) groups is 1. The third kappa shape index (κ3) is 2.69. The van der Waals surface area contributed by atoms with Gasteiger partial charge in [0, 0.05) is 6.42 Å². The molecule has 1 aliphatic rings. The summed E-state index contributed by atoms with van der Waals surface area (Å²) < 4.78 is 5.06. The first kappa shape index (κ1) is 13.3. The third-order valence-corrected chi connectivity index (χ3v) is 2.52. The molecule has 0 bridgehead atoms. The molecule has 0 radical (unpaired) electrons. The summed E-state index contributed by atoms with van der Waals surface area (Å²) in [4.78, 5) is 11.1. The molecule has 5 N–H and O–H groups in total. The standard InChI is InChI=1S/C9H17NO6/c1-2-5(12)10-9-8(15)7(14)6(13)4(3-11)16-9/h4,6-9,11,13-15H,2-3H2,1H3,(H,10,12)/t4?,6?,7-,8?,9-/m0/s1. The zero-order chi connectivity index (χ0) is 12.3. The zero-order valence-corrected chi connectivity index (χ0v) is 8.91. The van der Waals surface area contributed by atoms with E-state index in [0.717, 1.165) is 0 Å². The molecule has 5 atom stereocenters. The molecular weight excluding hydrogens is 218 g/mol. The van der Waals surface area contributed by atoms with Gasteiger partial charge in [-0.15, -0.1) is 0 Å². The monoisotopic (exact) mass is 235 g/mol.